The maximum atomic E-state index is 5.71. The van der Waals surface area contributed by atoms with Gasteiger partial charge in [-0.3, -0.25) is 4.90 Å². The van der Waals surface area contributed by atoms with E-state index >= 15 is 0 Å². The Balaban J connectivity index is 1.80. The molecule has 0 spiro atoms. The molecule has 3 rings (SSSR count). The number of fused-ring (bicyclic) bond motifs is 1. The highest BCUT2D eigenvalue weighted by atomic mass is 15.1. The van der Waals surface area contributed by atoms with Gasteiger partial charge < -0.3 is 5.73 Å². The minimum absolute atomic E-state index is 0.273. The lowest BCUT2D eigenvalue weighted by Crippen LogP contribution is -2.23. The Morgan fingerprint density at radius 3 is 2.64 bits per heavy atom. The second kappa shape index (κ2) is 6.12. The van der Waals surface area contributed by atoms with E-state index < -0.39 is 0 Å². The van der Waals surface area contributed by atoms with Gasteiger partial charge in [-0.2, -0.15) is 0 Å². The minimum Gasteiger partial charge on any atom is -0.384 e. The van der Waals surface area contributed by atoms with E-state index in [-0.39, 0.29) is 6.04 Å². The quantitative estimate of drug-likeness (QED) is 0.800. The Bertz CT molecular complexity index is 785. The molecule has 112 valence electrons. The lowest BCUT2D eigenvalue weighted by molar-refractivity contribution is 0.247. The number of nitrogens with two attached hydrogens (primary N) is 1. The third kappa shape index (κ3) is 3.07. The van der Waals surface area contributed by atoms with Gasteiger partial charge in [-0.25, -0.2) is 9.97 Å². The van der Waals surface area contributed by atoms with Crippen molar-refractivity contribution in [1.82, 2.24) is 14.9 Å². The van der Waals surface area contributed by atoms with Gasteiger partial charge in [0.05, 0.1) is 6.54 Å². The first-order valence-electron chi connectivity index (χ1n) is 7.40. The number of hydrogen-bond donors (Lipinski definition) is 1. The summed E-state index contributed by atoms with van der Waals surface area (Å²) >= 11 is 0. The van der Waals surface area contributed by atoms with E-state index in [0.717, 1.165) is 5.82 Å². The van der Waals surface area contributed by atoms with Gasteiger partial charge in [0.2, 0.25) is 0 Å². The predicted octanol–water partition coefficient (Wildman–Crippen LogP) is 3.41. The number of rotatable bonds is 4. The van der Waals surface area contributed by atoms with Crippen LogP contribution in [0.2, 0.25) is 0 Å². The number of nitrogens with zero attached hydrogens (tertiary/aromatic N) is 3. The number of aromatic nitrogens is 2. The molecule has 1 unspecified atom stereocenters. The molecule has 0 amide bonds. The van der Waals surface area contributed by atoms with Crippen LogP contribution in [0.1, 0.15) is 24.4 Å². The SMILES string of the molecule is CC(c1ccc2ccccc2c1)N(C)Cc1nccc(N)n1. The maximum Gasteiger partial charge on any atom is 0.144 e. The molecule has 4 heteroatoms. The van der Waals surface area contributed by atoms with Crippen LogP contribution < -0.4 is 5.73 Å². The zero-order valence-electron chi connectivity index (χ0n) is 12.9. The highest BCUT2D eigenvalue weighted by molar-refractivity contribution is 5.83. The van der Waals surface area contributed by atoms with Crippen molar-refractivity contribution in [2.45, 2.75) is 19.5 Å². The zero-order chi connectivity index (χ0) is 15.5. The first kappa shape index (κ1) is 14.5. The molecular weight excluding hydrogens is 272 g/mol. The second-order valence-corrected chi connectivity index (χ2v) is 5.60. The Labute approximate surface area is 130 Å². The van der Waals surface area contributed by atoms with Crippen LogP contribution in [0, 0.1) is 0 Å². The summed E-state index contributed by atoms with van der Waals surface area (Å²) in [5.41, 5.74) is 7.00. The van der Waals surface area contributed by atoms with Crippen LogP contribution in [0.5, 0.6) is 0 Å². The summed E-state index contributed by atoms with van der Waals surface area (Å²) in [5.74, 6) is 1.26. The van der Waals surface area contributed by atoms with Crippen molar-refractivity contribution in [2.75, 3.05) is 12.8 Å². The van der Waals surface area contributed by atoms with Crippen LogP contribution in [0.25, 0.3) is 10.8 Å². The first-order chi connectivity index (χ1) is 10.6. The summed E-state index contributed by atoms with van der Waals surface area (Å²) in [4.78, 5) is 10.8. The fourth-order valence-electron chi connectivity index (χ4n) is 2.57. The van der Waals surface area contributed by atoms with Gasteiger partial charge in [-0.1, -0.05) is 36.4 Å². The van der Waals surface area contributed by atoms with Crippen LogP contribution >= 0.6 is 0 Å². The average molecular weight is 292 g/mol. The van der Waals surface area contributed by atoms with Crippen molar-refractivity contribution in [1.29, 1.82) is 0 Å². The van der Waals surface area contributed by atoms with E-state index in [1.165, 1.54) is 16.3 Å². The lowest BCUT2D eigenvalue weighted by Gasteiger charge is -2.24. The largest absolute Gasteiger partial charge is 0.384 e. The molecule has 1 aromatic heterocycles. The third-order valence-corrected chi connectivity index (χ3v) is 4.03. The predicted molar refractivity (Wildman–Crippen MR) is 90.3 cm³/mol. The van der Waals surface area contributed by atoms with Gasteiger partial charge >= 0.3 is 0 Å². The number of nitrogen functional groups attached to an aromatic ring is 1. The van der Waals surface area contributed by atoms with Crippen molar-refractivity contribution < 1.29 is 0 Å². The molecule has 1 heterocycles. The normalized spacial score (nSPS) is 12.7. The van der Waals surface area contributed by atoms with E-state index in [9.17, 15) is 0 Å². The topological polar surface area (TPSA) is 55.0 Å². The molecule has 2 N–H and O–H groups in total. The van der Waals surface area contributed by atoms with Crippen LogP contribution in [0.4, 0.5) is 5.82 Å². The number of hydrogen-bond acceptors (Lipinski definition) is 4. The summed E-state index contributed by atoms with van der Waals surface area (Å²) in [6, 6.07) is 17.0. The van der Waals surface area contributed by atoms with E-state index in [2.05, 4.69) is 71.3 Å². The fraction of sp³-hybridized carbons (Fsp3) is 0.222. The first-order valence-corrected chi connectivity index (χ1v) is 7.40. The van der Waals surface area contributed by atoms with Gasteiger partial charge in [0.25, 0.3) is 0 Å². The van der Waals surface area contributed by atoms with Gasteiger partial charge in [-0.15, -0.1) is 0 Å². The molecule has 0 saturated carbocycles. The molecule has 0 radical (unpaired) electrons. The van der Waals surface area contributed by atoms with Crippen LogP contribution in [-0.4, -0.2) is 21.9 Å². The molecule has 22 heavy (non-hydrogen) atoms. The number of benzene rings is 2. The van der Waals surface area contributed by atoms with E-state index in [0.29, 0.717) is 12.4 Å². The Kier molecular flexibility index (Phi) is 4.02. The van der Waals surface area contributed by atoms with Gasteiger partial charge in [0.15, 0.2) is 0 Å². The highest BCUT2D eigenvalue weighted by Crippen LogP contribution is 2.24. The summed E-state index contributed by atoms with van der Waals surface area (Å²) in [6.45, 7) is 2.86. The zero-order valence-corrected chi connectivity index (χ0v) is 12.9. The van der Waals surface area contributed by atoms with E-state index in [1.807, 2.05) is 0 Å². The molecular formula is C18H20N4. The third-order valence-electron chi connectivity index (χ3n) is 4.03. The minimum atomic E-state index is 0.273. The Morgan fingerprint density at radius 1 is 1.09 bits per heavy atom. The van der Waals surface area contributed by atoms with Crippen molar-refractivity contribution in [3.05, 3.63) is 66.1 Å². The Hall–Kier alpha value is -2.46. The summed E-state index contributed by atoms with van der Waals surface area (Å²) in [7, 11) is 2.08. The second-order valence-electron chi connectivity index (χ2n) is 5.60. The molecule has 0 saturated heterocycles. The summed E-state index contributed by atoms with van der Waals surface area (Å²) in [5, 5.41) is 2.53. The molecule has 2 aromatic carbocycles. The van der Waals surface area contributed by atoms with Crippen LogP contribution in [0.15, 0.2) is 54.7 Å². The monoisotopic (exact) mass is 292 g/mol. The van der Waals surface area contributed by atoms with E-state index in [4.69, 9.17) is 5.73 Å². The summed E-state index contributed by atoms with van der Waals surface area (Å²) in [6.07, 6.45) is 1.70. The van der Waals surface area contributed by atoms with E-state index in [1.54, 1.807) is 12.3 Å². The van der Waals surface area contributed by atoms with Gasteiger partial charge in [-0.05, 0) is 42.4 Å². The molecule has 3 aromatic rings. The smallest absolute Gasteiger partial charge is 0.144 e. The molecule has 0 aliphatic carbocycles. The molecule has 0 bridgehead atoms. The van der Waals surface area contributed by atoms with Crippen LogP contribution in [0.3, 0.4) is 0 Å². The lowest BCUT2D eigenvalue weighted by atomic mass is 10.0. The standard InChI is InChI=1S/C18H20N4/c1-13(22(2)12-18-20-10-9-17(19)21-18)15-8-7-14-5-3-4-6-16(14)11-15/h3-11,13H,12H2,1-2H3,(H2,19,20,21). The van der Waals surface area contributed by atoms with Gasteiger partial charge in [0.1, 0.15) is 11.6 Å². The van der Waals surface area contributed by atoms with Gasteiger partial charge in [0, 0.05) is 12.2 Å². The van der Waals surface area contributed by atoms with Crippen LogP contribution in [-0.2, 0) is 6.54 Å². The Morgan fingerprint density at radius 2 is 1.86 bits per heavy atom. The average Bonchev–Trinajstić information content (AvgIpc) is 2.53. The highest BCUT2D eigenvalue weighted by Gasteiger charge is 2.13. The fourth-order valence-corrected chi connectivity index (χ4v) is 2.57. The van der Waals surface area contributed by atoms with Crippen molar-refractivity contribution in [3.63, 3.8) is 0 Å². The molecule has 0 aliphatic heterocycles. The molecule has 4 nitrogen and oxygen atoms in total. The van der Waals surface area contributed by atoms with Crippen molar-refractivity contribution in [2.24, 2.45) is 0 Å². The van der Waals surface area contributed by atoms with Crippen molar-refractivity contribution in [3.8, 4) is 0 Å². The molecule has 0 aliphatic rings. The summed E-state index contributed by atoms with van der Waals surface area (Å²) < 4.78 is 0. The van der Waals surface area contributed by atoms with Crippen molar-refractivity contribution >= 4 is 16.6 Å². The number of anilines is 1. The maximum absolute atomic E-state index is 5.71. The molecule has 0 fully saturated rings. The molecule has 1 atom stereocenters.